The number of halogens is 1. The molecule has 0 unspecified atom stereocenters. The van der Waals surface area contributed by atoms with E-state index in [1.165, 1.54) is 23.1 Å². The van der Waals surface area contributed by atoms with Crippen molar-refractivity contribution in [3.8, 4) is 22.9 Å². The number of carbonyl (C=O) groups is 2. The van der Waals surface area contributed by atoms with Crippen LogP contribution in [0.3, 0.4) is 0 Å². The zero-order valence-electron chi connectivity index (χ0n) is 22.2. The normalized spacial score (nSPS) is 10.7. The number of anilines is 1. The summed E-state index contributed by atoms with van der Waals surface area (Å²) in [4.78, 5) is 25.2. The van der Waals surface area contributed by atoms with E-state index in [4.69, 9.17) is 25.8 Å². The Morgan fingerprint density at radius 1 is 0.976 bits per heavy atom. The van der Waals surface area contributed by atoms with Crippen LogP contribution in [0.25, 0.3) is 5.69 Å². The molecule has 0 atom stereocenters. The summed E-state index contributed by atoms with van der Waals surface area (Å²) in [7, 11) is 3.09. The topological polar surface area (TPSA) is 142 Å². The lowest BCUT2D eigenvalue weighted by Gasteiger charge is -2.15. The van der Waals surface area contributed by atoms with Gasteiger partial charge in [-0.25, -0.2) is 0 Å². The maximum Gasteiger partial charge on any atom is 0.258 e. The lowest BCUT2D eigenvalue weighted by molar-refractivity contribution is -0.123. The summed E-state index contributed by atoms with van der Waals surface area (Å²) in [6, 6.07) is 12.0. The molecule has 16 heteroatoms. The summed E-state index contributed by atoms with van der Waals surface area (Å²) >= 11 is 9.92. The second-order valence-corrected chi connectivity index (χ2v) is 11.8. The monoisotopic (exact) mass is 635 g/mol. The Labute approximate surface area is 253 Å². The van der Waals surface area contributed by atoms with Crippen molar-refractivity contribution in [1.29, 1.82) is 0 Å². The molecule has 0 spiro atoms. The van der Waals surface area contributed by atoms with Crippen molar-refractivity contribution in [2.45, 2.75) is 23.0 Å². The van der Waals surface area contributed by atoms with E-state index < -0.39 is 0 Å². The lowest BCUT2D eigenvalue weighted by Crippen LogP contribution is -2.29. The minimum atomic E-state index is -0.363. The van der Waals surface area contributed by atoms with Gasteiger partial charge in [-0.15, -0.1) is 20.4 Å². The molecule has 2 aromatic heterocycles. The first-order valence-corrected chi connectivity index (χ1v) is 15.3. The number of amides is 2. The fraction of sp³-hybridized carbons (Fsp3) is 0.280. The molecule has 0 aliphatic carbocycles. The van der Waals surface area contributed by atoms with Crippen molar-refractivity contribution >= 4 is 63.4 Å². The second-order valence-electron chi connectivity index (χ2n) is 7.93. The average Bonchev–Trinajstić information content (AvgIpc) is 3.60. The van der Waals surface area contributed by atoms with Gasteiger partial charge in [0.15, 0.2) is 21.9 Å². The molecular formula is C25H26ClN7O5S3. The van der Waals surface area contributed by atoms with Crippen molar-refractivity contribution in [2.24, 2.45) is 0 Å². The number of methoxy groups -OCH3 is 2. The van der Waals surface area contributed by atoms with Gasteiger partial charge in [0.1, 0.15) is 17.2 Å². The van der Waals surface area contributed by atoms with Crippen LogP contribution in [-0.2, 0) is 16.1 Å². The van der Waals surface area contributed by atoms with Gasteiger partial charge in [-0.1, -0.05) is 53.4 Å². The van der Waals surface area contributed by atoms with Crippen molar-refractivity contribution < 1.29 is 23.8 Å². The largest absolute Gasteiger partial charge is 0.497 e. The summed E-state index contributed by atoms with van der Waals surface area (Å²) in [5, 5.41) is 23.6. The second kappa shape index (κ2) is 14.9. The molecule has 12 nitrogen and oxygen atoms in total. The van der Waals surface area contributed by atoms with Crippen LogP contribution in [-0.4, -0.2) is 69.1 Å². The Kier molecular flexibility index (Phi) is 11.1. The standard InChI is InChI=1S/C25H26ClN7O5S3/c1-4-39-25-32-30-23(41-25)28-22(35)14-40-24-31-29-20(33(24)18-11-17(36-2)9-10-19(18)37-3)12-27-21(34)13-38-16-7-5-15(26)6-8-16/h5-11H,4,12-14H2,1-3H3,(H,27,34)(H,28,30,35). The zero-order valence-corrected chi connectivity index (χ0v) is 25.5. The van der Waals surface area contributed by atoms with Crippen LogP contribution in [0.5, 0.6) is 17.2 Å². The third kappa shape index (κ3) is 8.48. The molecule has 4 rings (SSSR count). The maximum atomic E-state index is 12.7. The zero-order chi connectivity index (χ0) is 29.2. The van der Waals surface area contributed by atoms with Gasteiger partial charge in [0, 0.05) is 11.1 Å². The number of nitrogens with zero attached hydrogens (tertiary/aromatic N) is 5. The maximum absolute atomic E-state index is 12.7. The smallest absolute Gasteiger partial charge is 0.258 e. The molecule has 2 N–H and O–H groups in total. The van der Waals surface area contributed by atoms with Crippen molar-refractivity contribution in [2.75, 3.05) is 37.6 Å². The average molecular weight is 636 g/mol. The molecule has 0 aliphatic heterocycles. The highest BCUT2D eigenvalue weighted by atomic mass is 35.5. The number of hydrogen-bond donors (Lipinski definition) is 2. The number of ether oxygens (including phenoxy) is 3. The molecule has 0 radical (unpaired) electrons. The third-order valence-electron chi connectivity index (χ3n) is 5.21. The number of thioether (sulfide) groups is 2. The number of aromatic nitrogens is 5. The van der Waals surface area contributed by atoms with Gasteiger partial charge in [0.25, 0.3) is 5.91 Å². The Morgan fingerprint density at radius 2 is 1.76 bits per heavy atom. The molecule has 0 bridgehead atoms. The predicted octanol–water partition coefficient (Wildman–Crippen LogP) is 4.33. The van der Waals surface area contributed by atoms with E-state index >= 15 is 0 Å². The van der Waals surface area contributed by atoms with Gasteiger partial charge < -0.3 is 19.5 Å². The Balaban J connectivity index is 1.49. The van der Waals surface area contributed by atoms with Gasteiger partial charge in [-0.3, -0.25) is 19.5 Å². The molecule has 2 heterocycles. The van der Waals surface area contributed by atoms with E-state index in [-0.39, 0.29) is 30.7 Å². The Hall–Kier alpha value is -3.53. The van der Waals surface area contributed by atoms with E-state index in [1.54, 1.807) is 73.0 Å². The fourth-order valence-corrected chi connectivity index (χ4v) is 5.91. The van der Waals surface area contributed by atoms with Gasteiger partial charge in [-0.05, 0) is 42.2 Å². The number of rotatable bonds is 14. The van der Waals surface area contributed by atoms with Gasteiger partial charge in [-0.2, -0.15) is 0 Å². The fourth-order valence-electron chi connectivity index (χ4n) is 3.36. The van der Waals surface area contributed by atoms with E-state index in [1.807, 2.05) is 6.92 Å². The van der Waals surface area contributed by atoms with Crippen molar-refractivity contribution in [3.05, 3.63) is 53.3 Å². The van der Waals surface area contributed by atoms with Gasteiger partial charge in [0.2, 0.25) is 11.0 Å². The molecular weight excluding hydrogens is 610 g/mol. The molecule has 2 amide bonds. The highest BCUT2D eigenvalue weighted by Gasteiger charge is 2.21. The first-order valence-electron chi connectivity index (χ1n) is 12.1. The molecule has 2 aromatic carbocycles. The summed E-state index contributed by atoms with van der Waals surface area (Å²) < 4.78 is 19.0. The van der Waals surface area contributed by atoms with E-state index in [2.05, 4.69) is 31.0 Å². The minimum absolute atomic E-state index is 0.0293. The number of benzene rings is 2. The Bertz CT molecular complexity index is 1480. The predicted molar refractivity (Wildman–Crippen MR) is 159 cm³/mol. The summed E-state index contributed by atoms with van der Waals surface area (Å²) in [5.41, 5.74) is 0.576. The first-order chi connectivity index (χ1) is 19.9. The quantitative estimate of drug-likeness (QED) is 0.151. The van der Waals surface area contributed by atoms with Crippen molar-refractivity contribution in [1.82, 2.24) is 30.3 Å². The molecule has 216 valence electrons. The SMILES string of the molecule is CCSc1nnc(NC(=O)CSc2nnc(CNC(=O)COc3ccc(Cl)cc3)n2-c2cc(OC)ccc2OC)s1. The summed E-state index contributed by atoms with van der Waals surface area (Å²) in [5.74, 6) is 2.27. The van der Waals surface area contributed by atoms with Gasteiger partial charge >= 0.3 is 0 Å². The Morgan fingerprint density at radius 3 is 2.49 bits per heavy atom. The minimum Gasteiger partial charge on any atom is -0.497 e. The molecule has 0 saturated heterocycles. The third-order valence-corrected chi connectivity index (χ3v) is 8.24. The van der Waals surface area contributed by atoms with Crippen LogP contribution in [0.15, 0.2) is 52.0 Å². The van der Waals surface area contributed by atoms with Crippen LogP contribution >= 0.6 is 46.5 Å². The van der Waals surface area contributed by atoms with E-state index in [0.29, 0.717) is 44.1 Å². The van der Waals surface area contributed by atoms with Gasteiger partial charge in [0.05, 0.1) is 32.2 Å². The molecule has 0 fully saturated rings. The van der Waals surface area contributed by atoms with E-state index in [0.717, 1.165) is 10.1 Å². The van der Waals surface area contributed by atoms with E-state index in [9.17, 15) is 9.59 Å². The molecule has 41 heavy (non-hydrogen) atoms. The molecule has 4 aromatic rings. The van der Waals surface area contributed by atoms with Crippen LogP contribution in [0.1, 0.15) is 12.7 Å². The summed E-state index contributed by atoms with van der Waals surface area (Å²) in [6.45, 7) is 1.85. The summed E-state index contributed by atoms with van der Waals surface area (Å²) in [6.07, 6.45) is 0. The van der Waals surface area contributed by atoms with Crippen molar-refractivity contribution in [3.63, 3.8) is 0 Å². The first kappa shape index (κ1) is 30.4. The number of hydrogen-bond acceptors (Lipinski definition) is 12. The number of nitrogens with one attached hydrogen (secondary N) is 2. The van der Waals surface area contributed by atoms with Crippen LogP contribution in [0, 0.1) is 0 Å². The molecule has 0 saturated carbocycles. The number of carbonyl (C=O) groups excluding carboxylic acids is 2. The highest BCUT2D eigenvalue weighted by molar-refractivity contribution is 8.01. The van der Waals surface area contributed by atoms with Crippen LogP contribution in [0.4, 0.5) is 5.13 Å². The molecule has 0 aliphatic rings. The lowest BCUT2D eigenvalue weighted by atomic mass is 10.2. The van der Waals surface area contributed by atoms with Crippen LogP contribution in [0.2, 0.25) is 5.02 Å². The highest BCUT2D eigenvalue weighted by Crippen LogP contribution is 2.32. The van der Waals surface area contributed by atoms with Crippen LogP contribution < -0.4 is 24.8 Å².